The van der Waals surface area contributed by atoms with Crippen molar-refractivity contribution < 1.29 is 4.79 Å². The standard InChI is InChI=1S/C25H46N4O/c1-25(2,21-28(3)4)22-15-19-29(20-16-22)24(30)14-12-10-8-6-5-7-9-11-13-23-26-17-18-27-23/h17-18,22H,5-16,19-21H2,1-4H3,(H,26,27). The monoisotopic (exact) mass is 418 g/mol. The molecule has 2 heterocycles. The third-order valence-corrected chi connectivity index (χ3v) is 6.79. The van der Waals surface area contributed by atoms with Crippen LogP contribution in [0.15, 0.2) is 12.4 Å². The van der Waals surface area contributed by atoms with E-state index in [1.807, 2.05) is 12.4 Å². The molecule has 2 rings (SSSR count). The predicted molar refractivity (Wildman–Crippen MR) is 125 cm³/mol. The molecule has 0 aliphatic carbocycles. The SMILES string of the molecule is CN(C)CC(C)(C)C1CCN(C(=O)CCCCCCCCCCc2ncc[nH]2)CC1. The summed E-state index contributed by atoms with van der Waals surface area (Å²) in [6.07, 6.45) is 17.9. The average molecular weight is 419 g/mol. The Morgan fingerprint density at radius 2 is 1.67 bits per heavy atom. The number of likely N-dealkylation sites (tertiary alicyclic amines) is 1. The molecule has 172 valence electrons. The number of rotatable bonds is 14. The molecule has 1 aliphatic rings. The summed E-state index contributed by atoms with van der Waals surface area (Å²) in [5.74, 6) is 2.22. The van der Waals surface area contributed by atoms with Crippen LogP contribution in [0, 0.1) is 11.3 Å². The van der Waals surface area contributed by atoms with E-state index in [0.717, 1.165) is 63.5 Å². The first kappa shape index (κ1) is 24.9. The number of nitrogens with zero attached hydrogens (tertiary/aromatic N) is 3. The zero-order valence-electron chi connectivity index (χ0n) is 20.1. The van der Waals surface area contributed by atoms with E-state index in [1.54, 1.807) is 0 Å². The van der Waals surface area contributed by atoms with Crippen LogP contribution in [0.5, 0.6) is 0 Å². The maximum Gasteiger partial charge on any atom is 0.222 e. The summed E-state index contributed by atoms with van der Waals surface area (Å²) in [7, 11) is 4.31. The van der Waals surface area contributed by atoms with Crippen molar-refractivity contribution >= 4 is 5.91 Å². The highest BCUT2D eigenvalue weighted by Gasteiger charge is 2.33. The highest BCUT2D eigenvalue weighted by atomic mass is 16.2. The minimum atomic E-state index is 0.331. The Morgan fingerprint density at radius 1 is 1.07 bits per heavy atom. The molecule has 0 bridgehead atoms. The van der Waals surface area contributed by atoms with Gasteiger partial charge in [-0.3, -0.25) is 4.79 Å². The molecule has 30 heavy (non-hydrogen) atoms. The smallest absolute Gasteiger partial charge is 0.222 e. The molecule has 1 aliphatic heterocycles. The lowest BCUT2D eigenvalue weighted by molar-refractivity contribution is -0.133. The van der Waals surface area contributed by atoms with Gasteiger partial charge in [0, 0.05) is 44.9 Å². The van der Waals surface area contributed by atoms with E-state index in [0.29, 0.717) is 11.3 Å². The first-order valence-corrected chi connectivity index (χ1v) is 12.3. The van der Waals surface area contributed by atoms with Gasteiger partial charge in [0.25, 0.3) is 0 Å². The number of hydrogen-bond acceptors (Lipinski definition) is 3. The van der Waals surface area contributed by atoms with Gasteiger partial charge in [-0.1, -0.05) is 52.4 Å². The maximum absolute atomic E-state index is 12.5. The largest absolute Gasteiger partial charge is 0.349 e. The van der Waals surface area contributed by atoms with Gasteiger partial charge >= 0.3 is 0 Å². The number of imidazole rings is 1. The highest BCUT2D eigenvalue weighted by Crippen LogP contribution is 2.35. The van der Waals surface area contributed by atoms with Crippen LogP contribution in [-0.2, 0) is 11.2 Å². The second kappa shape index (κ2) is 13.1. The summed E-state index contributed by atoms with van der Waals surface area (Å²) in [5, 5.41) is 0. The van der Waals surface area contributed by atoms with Gasteiger partial charge in [-0.15, -0.1) is 0 Å². The third kappa shape index (κ3) is 9.20. The van der Waals surface area contributed by atoms with Crippen LogP contribution in [0.4, 0.5) is 0 Å². The predicted octanol–water partition coefficient (Wildman–Crippen LogP) is 5.29. The quantitative estimate of drug-likeness (QED) is 0.418. The number of nitrogens with one attached hydrogen (secondary N) is 1. The van der Waals surface area contributed by atoms with E-state index in [9.17, 15) is 4.79 Å². The van der Waals surface area contributed by atoms with E-state index < -0.39 is 0 Å². The topological polar surface area (TPSA) is 52.2 Å². The lowest BCUT2D eigenvalue weighted by Gasteiger charge is -2.42. The number of carbonyl (C=O) groups excluding carboxylic acids is 1. The number of aromatic nitrogens is 2. The summed E-state index contributed by atoms with van der Waals surface area (Å²) < 4.78 is 0. The first-order chi connectivity index (χ1) is 14.4. The molecule has 1 aromatic heterocycles. The Morgan fingerprint density at radius 3 is 2.23 bits per heavy atom. The minimum absolute atomic E-state index is 0.331. The first-order valence-electron chi connectivity index (χ1n) is 12.3. The van der Waals surface area contributed by atoms with Crippen molar-refractivity contribution in [2.75, 3.05) is 33.7 Å². The molecule has 0 unspecified atom stereocenters. The van der Waals surface area contributed by atoms with Crippen molar-refractivity contribution in [3.05, 3.63) is 18.2 Å². The van der Waals surface area contributed by atoms with E-state index in [2.05, 4.69) is 47.7 Å². The second-order valence-corrected chi connectivity index (χ2v) is 10.2. The zero-order valence-corrected chi connectivity index (χ0v) is 20.1. The second-order valence-electron chi connectivity index (χ2n) is 10.2. The Bertz CT molecular complexity index is 574. The average Bonchev–Trinajstić information content (AvgIpc) is 3.22. The van der Waals surface area contributed by atoms with Crippen LogP contribution in [0.2, 0.25) is 0 Å². The summed E-state index contributed by atoms with van der Waals surface area (Å²) >= 11 is 0. The highest BCUT2D eigenvalue weighted by molar-refractivity contribution is 5.76. The number of aromatic amines is 1. The van der Waals surface area contributed by atoms with Crippen molar-refractivity contribution in [1.82, 2.24) is 19.8 Å². The summed E-state index contributed by atoms with van der Waals surface area (Å²) in [6.45, 7) is 7.80. The molecule has 0 saturated carbocycles. The fourth-order valence-corrected chi connectivity index (χ4v) is 5.08. The van der Waals surface area contributed by atoms with Crippen LogP contribution >= 0.6 is 0 Å². The van der Waals surface area contributed by atoms with E-state index >= 15 is 0 Å². The lowest BCUT2D eigenvalue weighted by atomic mass is 9.73. The Balaban J connectivity index is 1.45. The molecule has 1 amide bonds. The molecule has 1 saturated heterocycles. The molecule has 0 atom stereocenters. The van der Waals surface area contributed by atoms with E-state index in [-0.39, 0.29) is 0 Å². The molecule has 0 aromatic carbocycles. The molecule has 1 fully saturated rings. The zero-order chi connectivity index (χ0) is 21.8. The van der Waals surface area contributed by atoms with Gasteiger partial charge in [-0.05, 0) is 51.1 Å². The Kier molecular flexibility index (Phi) is 10.9. The minimum Gasteiger partial charge on any atom is -0.349 e. The number of H-pyrrole nitrogens is 1. The number of aryl methyl sites for hydroxylation is 1. The summed E-state index contributed by atoms with van der Waals surface area (Å²) in [5.41, 5.74) is 0.331. The van der Waals surface area contributed by atoms with Gasteiger partial charge in [0.05, 0.1) is 0 Å². The molecule has 5 heteroatoms. The van der Waals surface area contributed by atoms with Crippen LogP contribution < -0.4 is 0 Å². The fraction of sp³-hybridized carbons (Fsp3) is 0.840. The molecule has 5 nitrogen and oxygen atoms in total. The molecule has 1 N–H and O–H groups in total. The van der Waals surface area contributed by atoms with E-state index in [4.69, 9.17) is 0 Å². The maximum atomic E-state index is 12.5. The number of hydrogen-bond donors (Lipinski definition) is 1. The molecular weight excluding hydrogens is 372 g/mol. The van der Waals surface area contributed by atoms with Crippen LogP contribution in [0.1, 0.15) is 90.3 Å². The normalized spacial score (nSPS) is 15.8. The Hall–Kier alpha value is -1.36. The van der Waals surface area contributed by atoms with Crippen molar-refractivity contribution in [3.63, 3.8) is 0 Å². The number of unbranched alkanes of at least 4 members (excludes halogenated alkanes) is 7. The third-order valence-electron chi connectivity index (χ3n) is 6.79. The molecular formula is C25H46N4O. The van der Waals surface area contributed by atoms with Crippen molar-refractivity contribution in [2.45, 2.75) is 90.9 Å². The van der Waals surface area contributed by atoms with Gasteiger partial charge in [0.1, 0.15) is 5.82 Å². The van der Waals surface area contributed by atoms with Gasteiger partial charge in [-0.25, -0.2) is 4.98 Å². The number of amides is 1. The molecule has 1 aromatic rings. The number of piperidine rings is 1. The summed E-state index contributed by atoms with van der Waals surface area (Å²) in [4.78, 5) is 24.4. The summed E-state index contributed by atoms with van der Waals surface area (Å²) in [6, 6.07) is 0. The van der Waals surface area contributed by atoms with Crippen molar-refractivity contribution in [3.8, 4) is 0 Å². The van der Waals surface area contributed by atoms with Gasteiger partial charge < -0.3 is 14.8 Å². The van der Waals surface area contributed by atoms with Crippen LogP contribution in [-0.4, -0.2) is 59.4 Å². The van der Waals surface area contributed by atoms with Crippen molar-refractivity contribution in [2.24, 2.45) is 11.3 Å². The van der Waals surface area contributed by atoms with Gasteiger partial charge in [0.15, 0.2) is 0 Å². The van der Waals surface area contributed by atoms with Crippen LogP contribution in [0.3, 0.4) is 0 Å². The van der Waals surface area contributed by atoms with E-state index in [1.165, 1.54) is 44.9 Å². The molecule has 0 radical (unpaired) electrons. The Labute approximate surface area is 185 Å². The van der Waals surface area contributed by atoms with Crippen LogP contribution in [0.25, 0.3) is 0 Å². The fourth-order valence-electron chi connectivity index (χ4n) is 5.08. The van der Waals surface area contributed by atoms with Crippen molar-refractivity contribution in [1.29, 1.82) is 0 Å². The van der Waals surface area contributed by atoms with Gasteiger partial charge in [0.2, 0.25) is 5.91 Å². The lowest BCUT2D eigenvalue weighted by Crippen LogP contribution is -2.44. The van der Waals surface area contributed by atoms with Gasteiger partial charge in [-0.2, -0.15) is 0 Å². The molecule has 0 spiro atoms. The number of carbonyl (C=O) groups is 1.